The minimum Gasteiger partial charge on any atom is -0.468 e. The zero-order valence-electron chi connectivity index (χ0n) is 11.2. The maximum absolute atomic E-state index is 12.5. The van der Waals surface area contributed by atoms with Gasteiger partial charge in [-0.25, -0.2) is 8.42 Å². The highest BCUT2D eigenvalue weighted by molar-refractivity contribution is 7.89. The smallest absolute Gasteiger partial charge is 0.243 e. The fraction of sp³-hybridized carbons (Fsp3) is 0.286. The van der Waals surface area contributed by atoms with Crippen LogP contribution in [0.2, 0.25) is 0 Å². The summed E-state index contributed by atoms with van der Waals surface area (Å²) < 4.78 is 31.5. The van der Waals surface area contributed by atoms with E-state index in [0.29, 0.717) is 10.7 Å². The number of hydrogen-bond acceptors (Lipinski definition) is 4. The maximum atomic E-state index is 12.5. The van der Waals surface area contributed by atoms with Crippen LogP contribution in [0, 0.1) is 0 Å². The SMILES string of the molecule is CN(Cc1ccco1)S(=O)(=O)c1ccc2c(c1)CNC2. The Kier molecular flexibility index (Phi) is 3.37. The molecule has 106 valence electrons. The molecule has 0 amide bonds. The van der Waals surface area contributed by atoms with Crippen LogP contribution in [-0.2, 0) is 29.7 Å². The van der Waals surface area contributed by atoms with Crippen molar-refractivity contribution in [1.29, 1.82) is 0 Å². The zero-order chi connectivity index (χ0) is 14.2. The average Bonchev–Trinajstić information content (AvgIpc) is 3.07. The van der Waals surface area contributed by atoms with Crippen LogP contribution < -0.4 is 5.32 Å². The molecule has 1 aromatic carbocycles. The van der Waals surface area contributed by atoms with Crippen LogP contribution in [0.4, 0.5) is 0 Å². The number of hydrogen-bond donors (Lipinski definition) is 1. The lowest BCUT2D eigenvalue weighted by Gasteiger charge is -2.16. The summed E-state index contributed by atoms with van der Waals surface area (Å²) in [5.74, 6) is 0.624. The zero-order valence-corrected chi connectivity index (χ0v) is 12.0. The van der Waals surface area contributed by atoms with Crippen molar-refractivity contribution in [3.05, 3.63) is 53.5 Å². The van der Waals surface area contributed by atoms with Gasteiger partial charge in [-0.3, -0.25) is 0 Å². The van der Waals surface area contributed by atoms with E-state index in [1.807, 2.05) is 6.07 Å². The summed E-state index contributed by atoms with van der Waals surface area (Å²) in [5, 5.41) is 3.21. The van der Waals surface area contributed by atoms with Gasteiger partial charge in [0.05, 0.1) is 17.7 Å². The van der Waals surface area contributed by atoms with E-state index in [9.17, 15) is 8.42 Å². The van der Waals surface area contributed by atoms with Gasteiger partial charge in [-0.2, -0.15) is 4.31 Å². The van der Waals surface area contributed by atoms with Gasteiger partial charge in [0, 0.05) is 20.1 Å². The van der Waals surface area contributed by atoms with Crippen LogP contribution >= 0.6 is 0 Å². The Bertz CT molecular complexity index is 708. The summed E-state index contributed by atoms with van der Waals surface area (Å²) in [6.45, 7) is 1.75. The van der Waals surface area contributed by atoms with Crippen molar-refractivity contribution in [2.24, 2.45) is 0 Å². The molecule has 3 rings (SSSR count). The number of rotatable bonds is 4. The van der Waals surface area contributed by atoms with E-state index in [1.54, 1.807) is 31.3 Å². The normalized spacial score (nSPS) is 14.7. The van der Waals surface area contributed by atoms with Gasteiger partial charge in [-0.05, 0) is 35.4 Å². The first-order chi connectivity index (χ1) is 9.57. The van der Waals surface area contributed by atoms with Crippen molar-refractivity contribution in [3.63, 3.8) is 0 Å². The molecular formula is C14H16N2O3S. The van der Waals surface area contributed by atoms with Gasteiger partial charge in [0.2, 0.25) is 10.0 Å². The summed E-state index contributed by atoms with van der Waals surface area (Å²) in [4.78, 5) is 0.328. The molecule has 20 heavy (non-hydrogen) atoms. The van der Waals surface area contributed by atoms with E-state index in [4.69, 9.17) is 4.42 Å². The standard InChI is InChI=1S/C14H16N2O3S/c1-16(10-13-3-2-6-19-13)20(17,18)14-5-4-11-8-15-9-12(11)7-14/h2-7,15H,8-10H2,1H3. The van der Waals surface area contributed by atoms with Crippen LogP contribution in [0.3, 0.4) is 0 Å². The van der Waals surface area contributed by atoms with Gasteiger partial charge in [0.15, 0.2) is 0 Å². The molecule has 0 atom stereocenters. The number of sulfonamides is 1. The monoisotopic (exact) mass is 292 g/mol. The molecule has 2 heterocycles. The Morgan fingerprint density at radius 3 is 2.80 bits per heavy atom. The largest absolute Gasteiger partial charge is 0.468 e. The second-order valence-corrected chi connectivity index (χ2v) is 6.92. The predicted molar refractivity (Wildman–Crippen MR) is 74.3 cm³/mol. The second-order valence-electron chi connectivity index (χ2n) is 4.87. The number of fused-ring (bicyclic) bond motifs is 1. The molecule has 0 bridgehead atoms. The minimum absolute atomic E-state index is 0.227. The Hall–Kier alpha value is -1.63. The summed E-state index contributed by atoms with van der Waals surface area (Å²) in [6, 6.07) is 8.81. The number of furan rings is 1. The molecule has 2 aromatic rings. The Morgan fingerprint density at radius 2 is 2.05 bits per heavy atom. The second kappa shape index (κ2) is 5.05. The molecule has 0 saturated heterocycles. The maximum Gasteiger partial charge on any atom is 0.243 e. The third-order valence-corrected chi connectivity index (χ3v) is 5.27. The van der Waals surface area contributed by atoms with Gasteiger partial charge >= 0.3 is 0 Å². The van der Waals surface area contributed by atoms with Crippen molar-refractivity contribution in [3.8, 4) is 0 Å². The Labute approximate surface area is 118 Å². The molecule has 0 fully saturated rings. The Balaban J connectivity index is 1.87. The van der Waals surface area contributed by atoms with Crippen LogP contribution in [0.1, 0.15) is 16.9 Å². The van der Waals surface area contributed by atoms with E-state index >= 15 is 0 Å². The van der Waals surface area contributed by atoms with Gasteiger partial charge in [-0.15, -0.1) is 0 Å². The summed E-state index contributed by atoms with van der Waals surface area (Å²) in [6.07, 6.45) is 1.54. The van der Waals surface area contributed by atoms with Gasteiger partial charge in [0.25, 0.3) is 0 Å². The quantitative estimate of drug-likeness (QED) is 0.931. The predicted octanol–water partition coefficient (Wildman–Crippen LogP) is 1.70. The van der Waals surface area contributed by atoms with E-state index in [2.05, 4.69) is 5.32 Å². The lowest BCUT2D eigenvalue weighted by Crippen LogP contribution is -2.26. The third kappa shape index (κ3) is 2.37. The first kappa shape index (κ1) is 13.4. The van der Waals surface area contributed by atoms with Crippen LogP contribution in [-0.4, -0.2) is 19.8 Å². The Morgan fingerprint density at radius 1 is 1.25 bits per heavy atom. The van der Waals surface area contributed by atoms with E-state index in [-0.39, 0.29) is 6.54 Å². The third-order valence-electron chi connectivity index (χ3n) is 3.48. The molecule has 5 nitrogen and oxygen atoms in total. The minimum atomic E-state index is -3.49. The highest BCUT2D eigenvalue weighted by Crippen LogP contribution is 2.23. The first-order valence-corrected chi connectivity index (χ1v) is 7.82. The lowest BCUT2D eigenvalue weighted by atomic mass is 10.1. The lowest BCUT2D eigenvalue weighted by molar-refractivity contribution is 0.406. The van der Waals surface area contributed by atoms with Crippen LogP contribution in [0.25, 0.3) is 0 Å². The fourth-order valence-electron chi connectivity index (χ4n) is 2.32. The van der Waals surface area contributed by atoms with Crippen molar-refractivity contribution >= 4 is 10.0 Å². The topological polar surface area (TPSA) is 62.6 Å². The molecule has 0 aliphatic carbocycles. The highest BCUT2D eigenvalue weighted by Gasteiger charge is 2.23. The molecule has 1 aliphatic heterocycles. The van der Waals surface area contributed by atoms with Gasteiger partial charge in [-0.1, -0.05) is 6.07 Å². The van der Waals surface area contributed by atoms with Crippen LogP contribution in [0.5, 0.6) is 0 Å². The molecule has 1 N–H and O–H groups in total. The molecule has 1 aromatic heterocycles. The van der Waals surface area contributed by atoms with E-state index < -0.39 is 10.0 Å². The number of nitrogens with one attached hydrogen (secondary N) is 1. The highest BCUT2D eigenvalue weighted by atomic mass is 32.2. The van der Waals surface area contributed by atoms with E-state index in [0.717, 1.165) is 24.2 Å². The number of benzene rings is 1. The molecule has 0 saturated carbocycles. The summed E-state index contributed by atoms with van der Waals surface area (Å²) >= 11 is 0. The summed E-state index contributed by atoms with van der Waals surface area (Å²) in [5.41, 5.74) is 2.22. The van der Waals surface area contributed by atoms with Crippen molar-refractivity contribution < 1.29 is 12.8 Å². The van der Waals surface area contributed by atoms with E-state index in [1.165, 1.54) is 10.6 Å². The summed E-state index contributed by atoms with van der Waals surface area (Å²) in [7, 11) is -1.93. The van der Waals surface area contributed by atoms with Gasteiger partial charge < -0.3 is 9.73 Å². The number of nitrogens with zero attached hydrogens (tertiary/aromatic N) is 1. The first-order valence-electron chi connectivity index (χ1n) is 6.38. The van der Waals surface area contributed by atoms with Gasteiger partial charge in [0.1, 0.15) is 5.76 Å². The van der Waals surface area contributed by atoms with Crippen molar-refractivity contribution in [1.82, 2.24) is 9.62 Å². The molecule has 1 aliphatic rings. The molecule has 0 radical (unpaired) electrons. The van der Waals surface area contributed by atoms with Crippen molar-refractivity contribution in [2.75, 3.05) is 7.05 Å². The molecule has 0 unspecified atom stereocenters. The molecule has 6 heteroatoms. The fourth-order valence-corrected chi connectivity index (χ4v) is 3.51. The molecular weight excluding hydrogens is 276 g/mol. The van der Waals surface area contributed by atoms with Crippen LogP contribution in [0.15, 0.2) is 45.9 Å². The average molecular weight is 292 g/mol. The van der Waals surface area contributed by atoms with Crippen molar-refractivity contribution in [2.45, 2.75) is 24.5 Å². The molecule has 0 spiro atoms.